The van der Waals surface area contributed by atoms with Gasteiger partial charge in [-0.15, -0.1) is 0 Å². The van der Waals surface area contributed by atoms with E-state index in [2.05, 4.69) is 5.32 Å². The molecule has 0 rings (SSSR count). The lowest BCUT2D eigenvalue weighted by Gasteiger charge is -2.09. The molecule has 0 fully saturated rings. The molecule has 0 saturated heterocycles. The molecule has 0 bridgehead atoms. The number of rotatable bonds is 5. The fraction of sp³-hybridized carbons (Fsp3) is 0.833. The number of carbonyl (C=O) groups is 1. The van der Waals surface area contributed by atoms with E-state index < -0.39 is 18.1 Å². The predicted molar refractivity (Wildman–Crippen MR) is 39.8 cm³/mol. The highest BCUT2D eigenvalue weighted by atomic mass is 16.3. The van der Waals surface area contributed by atoms with Crippen molar-refractivity contribution in [2.75, 3.05) is 13.1 Å². The SMILES string of the molecule is CC(O)CNCC(O)C(N)=O. The number of carbonyl (C=O) groups excluding carboxylic acids is 1. The molecule has 0 radical (unpaired) electrons. The van der Waals surface area contributed by atoms with Crippen LogP contribution < -0.4 is 11.1 Å². The van der Waals surface area contributed by atoms with Crippen LogP contribution in [0.15, 0.2) is 0 Å². The second-order valence-corrected chi connectivity index (χ2v) is 2.43. The van der Waals surface area contributed by atoms with E-state index in [1.54, 1.807) is 6.92 Å². The summed E-state index contributed by atoms with van der Waals surface area (Å²) >= 11 is 0. The van der Waals surface area contributed by atoms with Crippen LogP contribution in [0.1, 0.15) is 6.92 Å². The minimum absolute atomic E-state index is 0.0836. The summed E-state index contributed by atoms with van der Waals surface area (Å²) in [5.41, 5.74) is 4.76. The lowest BCUT2D eigenvalue weighted by atomic mass is 10.3. The van der Waals surface area contributed by atoms with Crippen LogP contribution in [0.5, 0.6) is 0 Å². The van der Waals surface area contributed by atoms with Gasteiger partial charge in [0, 0.05) is 13.1 Å². The van der Waals surface area contributed by atoms with E-state index >= 15 is 0 Å². The van der Waals surface area contributed by atoms with Gasteiger partial charge >= 0.3 is 0 Å². The number of primary amides is 1. The fourth-order valence-electron chi connectivity index (χ4n) is 0.530. The standard InChI is InChI=1S/C6H14N2O3/c1-4(9)2-8-3-5(10)6(7)11/h4-5,8-10H,2-3H2,1H3,(H2,7,11). The van der Waals surface area contributed by atoms with E-state index in [-0.39, 0.29) is 6.54 Å². The highest BCUT2D eigenvalue weighted by Crippen LogP contribution is 1.79. The van der Waals surface area contributed by atoms with Crippen molar-refractivity contribution in [3.63, 3.8) is 0 Å². The monoisotopic (exact) mass is 162 g/mol. The molecule has 0 aromatic heterocycles. The number of hydrogen-bond acceptors (Lipinski definition) is 4. The largest absolute Gasteiger partial charge is 0.392 e. The van der Waals surface area contributed by atoms with Crippen molar-refractivity contribution in [2.45, 2.75) is 19.1 Å². The van der Waals surface area contributed by atoms with Gasteiger partial charge < -0.3 is 21.3 Å². The summed E-state index contributed by atoms with van der Waals surface area (Å²) in [5, 5.41) is 20.2. The molecule has 66 valence electrons. The highest BCUT2D eigenvalue weighted by molar-refractivity contribution is 5.78. The Bertz CT molecular complexity index is 127. The number of nitrogens with two attached hydrogens (primary N) is 1. The molecule has 0 spiro atoms. The normalized spacial score (nSPS) is 15.9. The van der Waals surface area contributed by atoms with Crippen molar-refractivity contribution in [1.82, 2.24) is 5.32 Å². The quantitative estimate of drug-likeness (QED) is 0.369. The number of nitrogens with one attached hydrogen (secondary N) is 1. The molecular weight excluding hydrogens is 148 g/mol. The lowest BCUT2D eigenvalue weighted by molar-refractivity contribution is -0.125. The Kier molecular flexibility index (Phi) is 4.76. The highest BCUT2D eigenvalue weighted by Gasteiger charge is 2.09. The third-order valence-electron chi connectivity index (χ3n) is 1.11. The Labute approximate surface area is 65.2 Å². The maximum absolute atomic E-state index is 10.2. The fourth-order valence-corrected chi connectivity index (χ4v) is 0.530. The van der Waals surface area contributed by atoms with Gasteiger partial charge in [-0.3, -0.25) is 4.79 Å². The zero-order valence-electron chi connectivity index (χ0n) is 6.45. The van der Waals surface area contributed by atoms with Crippen LogP contribution in [0.25, 0.3) is 0 Å². The van der Waals surface area contributed by atoms with Crippen LogP contribution in [0.4, 0.5) is 0 Å². The van der Waals surface area contributed by atoms with Crippen LogP contribution in [0.2, 0.25) is 0 Å². The molecule has 5 heteroatoms. The molecule has 2 atom stereocenters. The van der Waals surface area contributed by atoms with Gasteiger partial charge in [0.2, 0.25) is 5.91 Å². The molecular formula is C6H14N2O3. The van der Waals surface area contributed by atoms with Crippen molar-refractivity contribution in [3.8, 4) is 0 Å². The summed E-state index contributed by atoms with van der Waals surface area (Å²) in [6.45, 7) is 2.02. The Hall–Kier alpha value is -0.650. The van der Waals surface area contributed by atoms with Gasteiger partial charge in [-0.25, -0.2) is 0 Å². The van der Waals surface area contributed by atoms with Crippen molar-refractivity contribution >= 4 is 5.91 Å². The Morgan fingerprint density at radius 3 is 2.45 bits per heavy atom. The third-order valence-corrected chi connectivity index (χ3v) is 1.11. The Morgan fingerprint density at radius 2 is 2.09 bits per heavy atom. The van der Waals surface area contributed by atoms with Crippen LogP contribution in [0.3, 0.4) is 0 Å². The summed E-state index contributed by atoms with van der Waals surface area (Å²) in [7, 11) is 0. The summed E-state index contributed by atoms with van der Waals surface area (Å²) in [5.74, 6) is -0.761. The van der Waals surface area contributed by atoms with Gasteiger partial charge in [0.1, 0.15) is 6.10 Å². The summed E-state index contributed by atoms with van der Waals surface area (Å²) in [6.07, 6.45) is -1.66. The molecule has 0 aromatic carbocycles. The van der Waals surface area contributed by atoms with Crippen LogP contribution in [0, 0.1) is 0 Å². The number of hydrogen-bond donors (Lipinski definition) is 4. The van der Waals surface area contributed by atoms with Crippen molar-refractivity contribution in [3.05, 3.63) is 0 Å². The predicted octanol–water partition coefficient (Wildman–Crippen LogP) is -2.20. The average molecular weight is 162 g/mol. The van der Waals surface area contributed by atoms with E-state index in [1.807, 2.05) is 0 Å². The molecule has 0 aliphatic carbocycles. The maximum Gasteiger partial charge on any atom is 0.247 e. The molecule has 11 heavy (non-hydrogen) atoms. The number of amides is 1. The first kappa shape index (κ1) is 10.3. The maximum atomic E-state index is 10.2. The topological polar surface area (TPSA) is 95.6 Å². The molecule has 5 N–H and O–H groups in total. The minimum atomic E-state index is -1.17. The summed E-state index contributed by atoms with van der Waals surface area (Å²) < 4.78 is 0. The Morgan fingerprint density at radius 1 is 1.55 bits per heavy atom. The first-order valence-corrected chi connectivity index (χ1v) is 3.40. The minimum Gasteiger partial charge on any atom is -0.392 e. The van der Waals surface area contributed by atoms with Crippen molar-refractivity contribution in [1.29, 1.82) is 0 Å². The molecule has 2 unspecified atom stereocenters. The van der Waals surface area contributed by atoms with Crippen molar-refractivity contribution in [2.24, 2.45) is 5.73 Å². The first-order chi connectivity index (χ1) is 5.04. The zero-order valence-corrected chi connectivity index (χ0v) is 6.45. The van der Waals surface area contributed by atoms with Gasteiger partial charge in [-0.1, -0.05) is 0 Å². The molecule has 0 saturated carbocycles. The first-order valence-electron chi connectivity index (χ1n) is 3.40. The van der Waals surface area contributed by atoms with Gasteiger partial charge in [0.05, 0.1) is 6.10 Å². The molecule has 1 amide bonds. The molecule has 5 nitrogen and oxygen atoms in total. The van der Waals surface area contributed by atoms with Gasteiger partial charge in [0.15, 0.2) is 0 Å². The van der Waals surface area contributed by atoms with Crippen LogP contribution in [-0.4, -0.2) is 41.4 Å². The van der Waals surface area contributed by atoms with Crippen LogP contribution in [-0.2, 0) is 4.79 Å². The summed E-state index contributed by atoms with van der Waals surface area (Å²) in [6, 6.07) is 0. The second-order valence-electron chi connectivity index (χ2n) is 2.43. The van der Waals surface area contributed by atoms with E-state index in [9.17, 15) is 4.79 Å². The molecule has 0 heterocycles. The van der Waals surface area contributed by atoms with E-state index in [4.69, 9.17) is 15.9 Å². The van der Waals surface area contributed by atoms with Crippen molar-refractivity contribution < 1.29 is 15.0 Å². The summed E-state index contributed by atoms with van der Waals surface area (Å²) in [4.78, 5) is 10.2. The van der Waals surface area contributed by atoms with E-state index in [1.165, 1.54) is 0 Å². The number of aliphatic hydroxyl groups is 2. The van der Waals surface area contributed by atoms with E-state index in [0.29, 0.717) is 6.54 Å². The van der Waals surface area contributed by atoms with E-state index in [0.717, 1.165) is 0 Å². The third kappa shape index (κ3) is 5.78. The molecule has 0 aromatic rings. The molecule has 0 aliphatic rings. The number of aliphatic hydroxyl groups excluding tert-OH is 2. The van der Waals surface area contributed by atoms with Gasteiger partial charge in [0.25, 0.3) is 0 Å². The lowest BCUT2D eigenvalue weighted by Crippen LogP contribution is -2.39. The van der Waals surface area contributed by atoms with Gasteiger partial charge in [-0.2, -0.15) is 0 Å². The Balaban J connectivity index is 3.31. The second kappa shape index (κ2) is 5.06. The van der Waals surface area contributed by atoms with Crippen LogP contribution >= 0.6 is 0 Å². The van der Waals surface area contributed by atoms with Gasteiger partial charge in [-0.05, 0) is 6.92 Å². The smallest absolute Gasteiger partial charge is 0.247 e. The zero-order chi connectivity index (χ0) is 8.85. The molecule has 0 aliphatic heterocycles. The average Bonchev–Trinajstić information content (AvgIpc) is 1.86.